The van der Waals surface area contributed by atoms with Crippen LogP contribution in [-0.4, -0.2) is 12.5 Å². The van der Waals surface area contributed by atoms with E-state index in [-0.39, 0.29) is 13.9 Å². The summed E-state index contributed by atoms with van der Waals surface area (Å²) >= 11 is 0. The van der Waals surface area contributed by atoms with Crippen molar-refractivity contribution in [3.63, 3.8) is 0 Å². The van der Waals surface area contributed by atoms with Gasteiger partial charge in [-0.25, -0.2) is 0 Å². The molecule has 16 heavy (non-hydrogen) atoms. The molecule has 3 nitrogen and oxygen atoms in total. The van der Waals surface area contributed by atoms with Crippen molar-refractivity contribution in [2.45, 2.75) is 33.6 Å². The molecule has 3 aliphatic rings. The Balaban J connectivity index is 0.000000459. The van der Waals surface area contributed by atoms with Crippen LogP contribution in [0.5, 0.6) is 0 Å². The maximum atomic E-state index is 11.1. The molecule has 3 rings (SSSR count). The quantitative estimate of drug-likeness (QED) is 0.742. The van der Waals surface area contributed by atoms with Gasteiger partial charge in [-0.3, -0.25) is 4.79 Å². The average molecular weight is 223 g/mol. The van der Waals surface area contributed by atoms with Crippen LogP contribution in [0.1, 0.15) is 35.0 Å². The van der Waals surface area contributed by atoms with Gasteiger partial charge < -0.3 is 10.1 Å². The SMILES string of the molecule is CC.CCC1=CC2=C(OCC(=O)N2)C2CC12.[HH]. The summed E-state index contributed by atoms with van der Waals surface area (Å²) in [6.45, 7) is 6.36. The molecule has 0 aromatic rings. The fourth-order valence-corrected chi connectivity index (χ4v) is 2.43. The van der Waals surface area contributed by atoms with Crippen LogP contribution < -0.4 is 5.32 Å². The lowest BCUT2D eigenvalue weighted by Crippen LogP contribution is -2.34. The van der Waals surface area contributed by atoms with Gasteiger partial charge in [0.2, 0.25) is 0 Å². The Kier molecular flexibility index (Phi) is 3.03. The second-order valence-corrected chi connectivity index (χ2v) is 4.14. The fraction of sp³-hybridized carbons (Fsp3) is 0.615. The Bertz CT molecular complexity index is 374. The number of allylic oxidation sites excluding steroid dienone is 3. The zero-order valence-electron chi connectivity index (χ0n) is 10.2. The van der Waals surface area contributed by atoms with Gasteiger partial charge in [-0.15, -0.1) is 0 Å². The predicted octanol–water partition coefficient (Wildman–Crippen LogP) is 2.60. The Morgan fingerprint density at radius 1 is 1.50 bits per heavy atom. The van der Waals surface area contributed by atoms with Gasteiger partial charge in [0.25, 0.3) is 5.91 Å². The second kappa shape index (κ2) is 4.32. The van der Waals surface area contributed by atoms with Crippen molar-refractivity contribution in [1.82, 2.24) is 5.32 Å². The fourth-order valence-electron chi connectivity index (χ4n) is 2.43. The molecule has 1 saturated carbocycles. The molecule has 1 heterocycles. The summed E-state index contributed by atoms with van der Waals surface area (Å²) in [5, 5.41) is 2.88. The highest BCUT2D eigenvalue weighted by Crippen LogP contribution is 2.53. The van der Waals surface area contributed by atoms with Crippen molar-refractivity contribution in [2.24, 2.45) is 11.8 Å². The number of rotatable bonds is 1. The van der Waals surface area contributed by atoms with Gasteiger partial charge in [-0.05, 0) is 24.8 Å². The van der Waals surface area contributed by atoms with Gasteiger partial charge in [0.15, 0.2) is 6.61 Å². The minimum Gasteiger partial charge on any atom is -0.486 e. The van der Waals surface area contributed by atoms with E-state index in [1.165, 1.54) is 12.0 Å². The monoisotopic (exact) mass is 223 g/mol. The summed E-state index contributed by atoms with van der Waals surface area (Å²) in [6, 6.07) is 0. The normalized spacial score (nSPS) is 29.9. The van der Waals surface area contributed by atoms with E-state index in [9.17, 15) is 4.79 Å². The highest BCUT2D eigenvalue weighted by atomic mass is 16.5. The molecule has 0 spiro atoms. The molecule has 1 N–H and O–H groups in total. The van der Waals surface area contributed by atoms with E-state index in [4.69, 9.17) is 4.74 Å². The molecule has 0 saturated heterocycles. The highest BCUT2D eigenvalue weighted by molar-refractivity contribution is 5.81. The zero-order valence-corrected chi connectivity index (χ0v) is 10.2. The maximum Gasteiger partial charge on any atom is 0.262 e. The van der Waals surface area contributed by atoms with Crippen LogP contribution >= 0.6 is 0 Å². The lowest BCUT2D eigenvalue weighted by atomic mass is 9.99. The van der Waals surface area contributed by atoms with Crippen molar-refractivity contribution >= 4 is 5.91 Å². The maximum absolute atomic E-state index is 11.1. The minimum absolute atomic E-state index is 0. The van der Waals surface area contributed by atoms with Gasteiger partial charge in [0.1, 0.15) is 5.76 Å². The van der Waals surface area contributed by atoms with Gasteiger partial charge in [-0.2, -0.15) is 0 Å². The van der Waals surface area contributed by atoms with Crippen molar-refractivity contribution in [3.8, 4) is 0 Å². The molecular formula is C13H21NO2. The van der Waals surface area contributed by atoms with Crippen LogP contribution in [0.3, 0.4) is 0 Å². The summed E-state index contributed by atoms with van der Waals surface area (Å²) in [7, 11) is 0. The minimum atomic E-state index is -0.0328. The highest BCUT2D eigenvalue weighted by Gasteiger charge is 2.47. The summed E-state index contributed by atoms with van der Waals surface area (Å²) in [6.07, 6.45) is 4.38. The number of nitrogens with one attached hydrogen (secondary N) is 1. The van der Waals surface area contributed by atoms with Gasteiger partial charge >= 0.3 is 0 Å². The first-order valence-corrected chi connectivity index (χ1v) is 6.17. The molecule has 0 radical (unpaired) electrons. The van der Waals surface area contributed by atoms with Crippen molar-refractivity contribution < 1.29 is 11.0 Å². The Labute approximate surface area is 98.0 Å². The van der Waals surface area contributed by atoms with Crippen LogP contribution in [0, 0.1) is 11.8 Å². The molecule has 0 aromatic heterocycles. The van der Waals surface area contributed by atoms with Crippen molar-refractivity contribution in [3.05, 3.63) is 23.1 Å². The van der Waals surface area contributed by atoms with E-state index in [0.717, 1.165) is 17.9 Å². The largest absolute Gasteiger partial charge is 0.486 e. The van der Waals surface area contributed by atoms with E-state index >= 15 is 0 Å². The van der Waals surface area contributed by atoms with Gasteiger partial charge in [0, 0.05) is 7.34 Å². The molecule has 1 aliphatic heterocycles. The Hall–Kier alpha value is -1.25. The molecule has 0 aromatic carbocycles. The topological polar surface area (TPSA) is 38.3 Å². The first kappa shape index (κ1) is 11.2. The lowest BCUT2D eigenvalue weighted by molar-refractivity contribution is -0.125. The molecule has 2 atom stereocenters. The smallest absolute Gasteiger partial charge is 0.262 e. The van der Waals surface area contributed by atoms with E-state index in [1.807, 2.05) is 13.8 Å². The number of carbonyl (C=O) groups excluding carboxylic acids is 1. The first-order chi connectivity index (χ1) is 7.79. The van der Waals surface area contributed by atoms with E-state index < -0.39 is 0 Å². The van der Waals surface area contributed by atoms with Crippen LogP contribution in [0.25, 0.3) is 0 Å². The third kappa shape index (κ3) is 1.75. The molecule has 1 amide bonds. The average Bonchev–Trinajstić information content (AvgIpc) is 3.10. The summed E-state index contributed by atoms with van der Waals surface area (Å²) in [5.41, 5.74) is 2.37. The number of amides is 1. The molecule has 90 valence electrons. The third-order valence-electron chi connectivity index (χ3n) is 3.24. The van der Waals surface area contributed by atoms with Crippen LogP contribution in [-0.2, 0) is 9.53 Å². The summed E-state index contributed by atoms with van der Waals surface area (Å²) in [4.78, 5) is 11.1. The zero-order chi connectivity index (χ0) is 11.7. The molecule has 0 bridgehead atoms. The molecule has 3 heteroatoms. The van der Waals surface area contributed by atoms with Crippen molar-refractivity contribution in [2.75, 3.05) is 6.61 Å². The third-order valence-corrected chi connectivity index (χ3v) is 3.24. The molecular weight excluding hydrogens is 202 g/mol. The van der Waals surface area contributed by atoms with Crippen LogP contribution in [0.15, 0.2) is 23.1 Å². The summed E-state index contributed by atoms with van der Waals surface area (Å²) in [5.74, 6) is 2.25. The molecule has 2 unspecified atom stereocenters. The predicted molar refractivity (Wildman–Crippen MR) is 64.6 cm³/mol. The van der Waals surface area contributed by atoms with E-state index in [1.54, 1.807) is 0 Å². The van der Waals surface area contributed by atoms with Gasteiger partial charge in [0.05, 0.1) is 5.70 Å². The van der Waals surface area contributed by atoms with Crippen LogP contribution in [0.4, 0.5) is 0 Å². The lowest BCUT2D eigenvalue weighted by Gasteiger charge is -2.24. The number of carbonyl (C=O) groups is 1. The van der Waals surface area contributed by atoms with E-state index in [2.05, 4.69) is 18.3 Å². The van der Waals surface area contributed by atoms with Crippen molar-refractivity contribution in [1.29, 1.82) is 0 Å². The second-order valence-electron chi connectivity index (χ2n) is 4.14. The number of hydrogen-bond acceptors (Lipinski definition) is 2. The number of hydrogen-bond donors (Lipinski definition) is 1. The number of ether oxygens (including phenoxy) is 1. The standard InChI is InChI=1S/C11H13NO2.C2H6.H2/c1-2-6-3-9-11(8-4-7(6)8)14-5-10(13)12-9;1-2;/h3,7-8H,2,4-5H2,1H3,(H,12,13);1-2H3;1H. The molecule has 2 aliphatic carbocycles. The van der Waals surface area contributed by atoms with Crippen LogP contribution in [0.2, 0.25) is 0 Å². The molecule has 1 fully saturated rings. The Morgan fingerprint density at radius 2 is 2.25 bits per heavy atom. The first-order valence-electron chi connectivity index (χ1n) is 6.17. The van der Waals surface area contributed by atoms with E-state index in [0.29, 0.717) is 11.8 Å². The number of fused-ring (bicyclic) bond motifs is 2. The van der Waals surface area contributed by atoms with Gasteiger partial charge in [-0.1, -0.05) is 26.3 Å². The Morgan fingerprint density at radius 3 is 2.94 bits per heavy atom. The summed E-state index contributed by atoms with van der Waals surface area (Å²) < 4.78 is 5.46.